The fraction of sp³-hybridized carbons (Fsp3) is 0.200. The van der Waals surface area contributed by atoms with Crippen molar-refractivity contribution in [2.45, 2.75) is 19.9 Å². The molecule has 0 N–H and O–H groups in total. The lowest BCUT2D eigenvalue weighted by molar-refractivity contribution is 0.0988. The van der Waals surface area contributed by atoms with Gasteiger partial charge in [-0.25, -0.2) is 0 Å². The van der Waals surface area contributed by atoms with Crippen LogP contribution < -0.4 is 0 Å². The summed E-state index contributed by atoms with van der Waals surface area (Å²) in [6.07, 6.45) is 4.18. The number of hydrogen-bond donors (Lipinski definition) is 0. The lowest BCUT2D eigenvalue weighted by Crippen LogP contribution is -1.99. The van der Waals surface area contributed by atoms with Crippen LogP contribution in [0.4, 0.5) is 0 Å². The third kappa shape index (κ3) is 3.04. The lowest BCUT2D eigenvalue weighted by Gasteiger charge is -2.05. The first kappa shape index (κ1) is 13.4. The number of carbonyl (C=O) groups excluding carboxylic acids is 1. The molecule has 0 bridgehead atoms. The molecule has 0 atom stereocenters. The number of hydrogen-bond acceptors (Lipinski definition) is 2. The minimum Gasteiger partial charge on any atom is -0.349 e. The maximum atomic E-state index is 11.6. The first-order chi connectivity index (χ1) is 9.13. The zero-order chi connectivity index (χ0) is 13.8. The van der Waals surface area contributed by atoms with E-state index < -0.39 is 0 Å². The molecule has 0 radical (unpaired) electrons. The number of nitrogens with zero attached hydrogens (tertiary/aromatic N) is 2. The monoisotopic (exact) mass is 272 g/mol. The number of benzene rings is 1. The molecule has 0 aliphatic rings. The Morgan fingerprint density at radius 2 is 2.21 bits per heavy atom. The smallest absolute Gasteiger partial charge is 0.164 e. The minimum absolute atomic E-state index is 0.129. The van der Waals surface area contributed by atoms with Gasteiger partial charge >= 0.3 is 0 Å². The zero-order valence-electron chi connectivity index (χ0n) is 10.6. The van der Waals surface area contributed by atoms with Gasteiger partial charge in [0.15, 0.2) is 5.78 Å². The molecule has 1 aromatic heterocycles. The molecule has 0 aliphatic carbocycles. The Hall–Kier alpha value is -2.05. The second-order valence-electron chi connectivity index (χ2n) is 4.27. The highest BCUT2D eigenvalue weighted by atomic mass is 35.5. The van der Waals surface area contributed by atoms with Gasteiger partial charge in [0.2, 0.25) is 0 Å². The number of ketones is 1. The van der Waals surface area contributed by atoms with Crippen LogP contribution in [0.25, 0.3) is 0 Å². The molecule has 2 rings (SSSR count). The van der Waals surface area contributed by atoms with E-state index in [9.17, 15) is 4.79 Å². The van der Waals surface area contributed by atoms with Crippen LogP contribution in [0, 0.1) is 11.3 Å². The summed E-state index contributed by atoms with van der Waals surface area (Å²) in [5.74, 6) is 0.129. The highest BCUT2D eigenvalue weighted by Gasteiger charge is 2.07. The van der Waals surface area contributed by atoms with E-state index in [0.29, 0.717) is 29.1 Å². The Kier molecular flexibility index (Phi) is 4.03. The van der Waals surface area contributed by atoms with Crippen molar-refractivity contribution in [3.63, 3.8) is 0 Å². The number of nitriles is 1. The number of Topliss-reactive ketones (excluding diaryl/α,β-unsaturated/α-hetero) is 1. The van der Waals surface area contributed by atoms with Gasteiger partial charge in [-0.15, -0.1) is 0 Å². The standard InChI is InChI=1S/C15H13ClN2O/c1-2-15(19)13-5-6-18(10-13)9-12-4-3-11(8-17)7-14(12)16/h3-7,10H,2,9H2,1H3. The van der Waals surface area contributed by atoms with Crippen molar-refractivity contribution in [1.82, 2.24) is 4.57 Å². The molecule has 2 aromatic rings. The summed E-state index contributed by atoms with van der Waals surface area (Å²) in [7, 11) is 0. The van der Waals surface area contributed by atoms with Crippen molar-refractivity contribution < 1.29 is 4.79 Å². The Morgan fingerprint density at radius 3 is 2.84 bits per heavy atom. The normalized spacial score (nSPS) is 10.2. The van der Waals surface area contributed by atoms with E-state index in [0.717, 1.165) is 5.56 Å². The van der Waals surface area contributed by atoms with Crippen molar-refractivity contribution in [1.29, 1.82) is 5.26 Å². The first-order valence-corrected chi connectivity index (χ1v) is 6.39. The van der Waals surface area contributed by atoms with Crippen molar-refractivity contribution in [3.8, 4) is 6.07 Å². The van der Waals surface area contributed by atoms with E-state index in [2.05, 4.69) is 0 Å². The van der Waals surface area contributed by atoms with Crippen molar-refractivity contribution in [3.05, 3.63) is 58.4 Å². The second-order valence-corrected chi connectivity index (χ2v) is 4.67. The molecule has 0 saturated carbocycles. The Bertz CT molecular complexity index is 652. The van der Waals surface area contributed by atoms with Gasteiger partial charge in [-0.1, -0.05) is 24.6 Å². The molecule has 0 saturated heterocycles. The zero-order valence-corrected chi connectivity index (χ0v) is 11.3. The Labute approximate surface area is 117 Å². The number of aromatic nitrogens is 1. The third-order valence-corrected chi connectivity index (χ3v) is 3.28. The van der Waals surface area contributed by atoms with Crippen molar-refractivity contribution >= 4 is 17.4 Å². The first-order valence-electron chi connectivity index (χ1n) is 6.01. The van der Waals surface area contributed by atoms with Gasteiger partial charge in [0.05, 0.1) is 11.6 Å². The van der Waals surface area contributed by atoms with Gasteiger partial charge in [-0.3, -0.25) is 4.79 Å². The summed E-state index contributed by atoms with van der Waals surface area (Å²) >= 11 is 6.12. The largest absolute Gasteiger partial charge is 0.349 e. The topological polar surface area (TPSA) is 45.8 Å². The fourth-order valence-electron chi connectivity index (χ4n) is 1.85. The Morgan fingerprint density at radius 1 is 1.42 bits per heavy atom. The molecule has 0 fully saturated rings. The molecule has 0 amide bonds. The molecular weight excluding hydrogens is 260 g/mol. The molecule has 1 aromatic carbocycles. The average Bonchev–Trinajstić information content (AvgIpc) is 2.88. The van der Waals surface area contributed by atoms with Gasteiger partial charge in [0.1, 0.15) is 0 Å². The molecule has 1 heterocycles. The van der Waals surface area contributed by atoms with Gasteiger partial charge in [0.25, 0.3) is 0 Å². The van der Waals surface area contributed by atoms with E-state index in [1.807, 2.05) is 42.1 Å². The maximum Gasteiger partial charge on any atom is 0.164 e. The van der Waals surface area contributed by atoms with Crippen molar-refractivity contribution in [2.24, 2.45) is 0 Å². The summed E-state index contributed by atoms with van der Waals surface area (Å²) in [4.78, 5) is 11.6. The molecule has 0 spiro atoms. The van der Waals surface area contributed by atoms with Crippen LogP contribution in [0.15, 0.2) is 36.7 Å². The van der Waals surface area contributed by atoms with Gasteiger partial charge < -0.3 is 4.57 Å². The Balaban J connectivity index is 2.20. The molecule has 96 valence electrons. The third-order valence-electron chi connectivity index (χ3n) is 2.93. The van der Waals surface area contributed by atoms with E-state index >= 15 is 0 Å². The molecule has 0 unspecified atom stereocenters. The quantitative estimate of drug-likeness (QED) is 0.798. The van der Waals surface area contributed by atoms with E-state index in [4.69, 9.17) is 16.9 Å². The van der Waals surface area contributed by atoms with Crippen LogP contribution in [-0.4, -0.2) is 10.4 Å². The van der Waals surface area contributed by atoms with Gasteiger partial charge in [0, 0.05) is 35.9 Å². The highest BCUT2D eigenvalue weighted by molar-refractivity contribution is 6.31. The predicted octanol–water partition coefficient (Wildman–Crippen LogP) is 3.65. The van der Waals surface area contributed by atoms with Crippen LogP contribution in [0.2, 0.25) is 5.02 Å². The molecular formula is C15H13ClN2O. The molecule has 3 nitrogen and oxygen atoms in total. The predicted molar refractivity (Wildman–Crippen MR) is 74.3 cm³/mol. The summed E-state index contributed by atoms with van der Waals surface area (Å²) in [5, 5.41) is 9.35. The number of carbonyl (C=O) groups is 1. The maximum absolute atomic E-state index is 11.6. The van der Waals surface area contributed by atoms with Gasteiger partial charge in [-0.05, 0) is 23.8 Å². The van der Waals surface area contributed by atoms with Crippen LogP contribution in [0.5, 0.6) is 0 Å². The molecule has 0 aliphatic heterocycles. The van der Waals surface area contributed by atoms with Crippen LogP contribution >= 0.6 is 11.6 Å². The fourth-order valence-corrected chi connectivity index (χ4v) is 2.09. The van der Waals surface area contributed by atoms with E-state index in [1.165, 1.54) is 0 Å². The summed E-state index contributed by atoms with van der Waals surface area (Å²) < 4.78 is 1.91. The van der Waals surface area contributed by atoms with Crippen LogP contribution in [-0.2, 0) is 6.54 Å². The number of halogens is 1. The van der Waals surface area contributed by atoms with E-state index in [1.54, 1.807) is 12.1 Å². The van der Waals surface area contributed by atoms with Crippen LogP contribution in [0.3, 0.4) is 0 Å². The molecule has 19 heavy (non-hydrogen) atoms. The van der Waals surface area contributed by atoms with Crippen LogP contribution in [0.1, 0.15) is 34.8 Å². The highest BCUT2D eigenvalue weighted by Crippen LogP contribution is 2.19. The average molecular weight is 273 g/mol. The van der Waals surface area contributed by atoms with Crippen molar-refractivity contribution in [2.75, 3.05) is 0 Å². The SMILES string of the molecule is CCC(=O)c1ccn(Cc2ccc(C#N)cc2Cl)c1. The van der Waals surface area contributed by atoms with E-state index in [-0.39, 0.29) is 5.78 Å². The summed E-state index contributed by atoms with van der Waals surface area (Å²) in [6, 6.07) is 9.08. The number of rotatable bonds is 4. The van der Waals surface area contributed by atoms with Gasteiger partial charge in [-0.2, -0.15) is 5.26 Å². The minimum atomic E-state index is 0.129. The lowest BCUT2D eigenvalue weighted by atomic mass is 10.1. The summed E-state index contributed by atoms with van der Waals surface area (Å²) in [6.45, 7) is 2.43. The summed E-state index contributed by atoms with van der Waals surface area (Å²) in [5.41, 5.74) is 2.18. The second kappa shape index (κ2) is 5.73. The molecule has 4 heteroatoms.